The minimum Gasteiger partial charge on any atom is -0.465 e. The van der Waals surface area contributed by atoms with E-state index >= 15 is 0 Å². The number of aromatic nitrogens is 2. The zero-order chi connectivity index (χ0) is 11.4. The summed E-state index contributed by atoms with van der Waals surface area (Å²) in [5.41, 5.74) is 8.06. The number of primary amides is 2. The molecule has 6 N–H and O–H groups in total. The van der Waals surface area contributed by atoms with E-state index in [4.69, 9.17) is 19.8 Å². The molecule has 14 heavy (non-hydrogen) atoms. The van der Waals surface area contributed by atoms with E-state index in [0.717, 1.165) is 0 Å². The van der Waals surface area contributed by atoms with Crippen molar-refractivity contribution in [3.8, 4) is 0 Å². The minimum absolute atomic E-state index is 1.33. The Hall–Kier alpha value is -2.38. The van der Waals surface area contributed by atoms with Crippen LogP contribution in [0.3, 0.4) is 0 Å². The molecule has 0 spiro atoms. The summed E-state index contributed by atoms with van der Waals surface area (Å²) < 4.78 is 0. The van der Waals surface area contributed by atoms with Gasteiger partial charge in [-0.2, -0.15) is 0 Å². The monoisotopic (exact) mass is 202 g/mol. The zero-order valence-electron chi connectivity index (χ0n) is 7.07. The van der Waals surface area contributed by atoms with Crippen molar-refractivity contribution in [2.45, 2.75) is 0 Å². The van der Waals surface area contributed by atoms with Crippen molar-refractivity contribution in [2.24, 2.45) is 11.5 Å². The van der Waals surface area contributed by atoms with Crippen molar-refractivity contribution in [3.63, 3.8) is 0 Å². The van der Waals surface area contributed by atoms with Crippen LogP contribution in [0.5, 0.6) is 0 Å². The van der Waals surface area contributed by atoms with Gasteiger partial charge in [-0.1, -0.05) is 0 Å². The molecule has 1 aromatic rings. The largest absolute Gasteiger partial charge is 0.465 e. The molecule has 0 unspecified atom stereocenters. The topological polar surface area (TPSA) is 152 Å². The molecule has 1 heterocycles. The van der Waals surface area contributed by atoms with Crippen LogP contribution in [0.25, 0.3) is 0 Å². The Labute approximate surface area is 79.2 Å². The van der Waals surface area contributed by atoms with Crippen LogP contribution >= 0.6 is 0 Å². The molecule has 0 aliphatic carbocycles. The second-order valence-electron chi connectivity index (χ2n) is 1.57. The summed E-state index contributed by atoms with van der Waals surface area (Å²) in [7, 11) is 0. The number of amides is 2. The summed E-state index contributed by atoms with van der Waals surface area (Å²) in [6.07, 6.45) is 3.89. The highest BCUT2D eigenvalue weighted by molar-refractivity contribution is 5.61. The molecule has 8 nitrogen and oxygen atoms in total. The van der Waals surface area contributed by atoms with E-state index in [9.17, 15) is 0 Å². The fourth-order valence-corrected chi connectivity index (χ4v) is 0.253. The van der Waals surface area contributed by atoms with Gasteiger partial charge < -0.3 is 21.7 Å². The maximum Gasteiger partial charge on any atom is 0.402 e. The molecule has 0 saturated heterocycles. The maximum atomic E-state index is 8.78. The summed E-state index contributed by atoms with van der Waals surface area (Å²) in [5, 5.41) is 14.4. The molecule has 0 saturated carbocycles. The Morgan fingerprint density at radius 2 is 1.00 bits per heavy atom. The Kier molecular flexibility index (Phi) is 10.7. The highest BCUT2D eigenvalue weighted by Gasteiger charge is 1.65. The lowest BCUT2D eigenvalue weighted by Crippen LogP contribution is -2.03. The van der Waals surface area contributed by atoms with Gasteiger partial charge in [-0.05, 0) is 0 Å². The Morgan fingerprint density at radius 1 is 0.857 bits per heavy atom. The smallest absolute Gasteiger partial charge is 0.402 e. The van der Waals surface area contributed by atoms with E-state index in [2.05, 4.69) is 21.4 Å². The quantitative estimate of drug-likeness (QED) is 0.454. The molecule has 1 aromatic heterocycles. The van der Waals surface area contributed by atoms with Gasteiger partial charge >= 0.3 is 12.2 Å². The van der Waals surface area contributed by atoms with E-state index in [1.807, 2.05) is 0 Å². The molecule has 0 aliphatic heterocycles. The molecule has 0 aliphatic rings. The van der Waals surface area contributed by atoms with Crippen LogP contribution < -0.4 is 11.5 Å². The maximum absolute atomic E-state index is 8.78. The van der Waals surface area contributed by atoms with Gasteiger partial charge in [0.1, 0.15) is 0 Å². The highest BCUT2D eigenvalue weighted by atomic mass is 16.4. The first kappa shape index (κ1) is 14.2. The molecule has 2 amide bonds. The number of hydrogen-bond donors (Lipinski definition) is 4. The normalized spacial score (nSPS) is 6.86. The fraction of sp³-hybridized carbons (Fsp3) is 0. The summed E-state index contributed by atoms with van der Waals surface area (Å²) in [4.78, 5) is 25.0. The molecular weight excluding hydrogens is 192 g/mol. The fourth-order valence-electron chi connectivity index (χ4n) is 0.253. The molecule has 0 atom stereocenters. The minimum atomic E-state index is -1.33. The van der Waals surface area contributed by atoms with Crippen molar-refractivity contribution in [3.05, 3.63) is 24.8 Å². The van der Waals surface area contributed by atoms with Gasteiger partial charge in [0.15, 0.2) is 0 Å². The second kappa shape index (κ2) is 10.6. The summed E-state index contributed by atoms with van der Waals surface area (Å²) in [6.45, 7) is 0. The first-order valence-corrected chi connectivity index (χ1v) is 3.13. The second-order valence-corrected chi connectivity index (χ2v) is 1.57. The van der Waals surface area contributed by atoms with Crippen molar-refractivity contribution < 1.29 is 19.8 Å². The van der Waals surface area contributed by atoms with Gasteiger partial charge in [-0.3, -0.25) is 9.97 Å². The molecule has 8 heteroatoms. The Morgan fingerprint density at radius 3 is 1.07 bits per heavy atom. The standard InChI is InChI=1S/C4H4N2.2CH3NO2/c1-2-6-4-3-5-1;2*2-1(3)4/h1-4H;2*2H2,(H,3,4). The molecule has 0 aromatic carbocycles. The summed E-state index contributed by atoms with van der Waals surface area (Å²) >= 11 is 0. The summed E-state index contributed by atoms with van der Waals surface area (Å²) in [6, 6.07) is 0. The number of nitrogens with zero attached hydrogens (tertiary/aromatic N) is 2. The van der Waals surface area contributed by atoms with Crippen molar-refractivity contribution in [2.75, 3.05) is 0 Å². The van der Waals surface area contributed by atoms with Crippen molar-refractivity contribution >= 4 is 12.2 Å². The number of carboxylic acid groups (broad SMARTS) is 2. The third kappa shape index (κ3) is 54.5. The third-order valence-electron chi connectivity index (χ3n) is 0.478. The average molecular weight is 202 g/mol. The highest BCUT2D eigenvalue weighted by Crippen LogP contribution is 1.65. The van der Waals surface area contributed by atoms with E-state index in [1.54, 1.807) is 24.8 Å². The van der Waals surface area contributed by atoms with Gasteiger partial charge in [-0.15, -0.1) is 0 Å². The molecule has 1 rings (SSSR count). The van der Waals surface area contributed by atoms with Gasteiger partial charge in [-0.25, -0.2) is 9.59 Å². The van der Waals surface area contributed by atoms with E-state index in [-0.39, 0.29) is 0 Å². The lowest BCUT2D eigenvalue weighted by atomic mass is 10.8. The first-order valence-electron chi connectivity index (χ1n) is 3.13. The van der Waals surface area contributed by atoms with E-state index < -0.39 is 12.2 Å². The van der Waals surface area contributed by atoms with Crippen LogP contribution in [0.1, 0.15) is 0 Å². The van der Waals surface area contributed by atoms with Crippen molar-refractivity contribution in [1.82, 2.24) is 9.97 Å². The average Bonchev–Trinajstić information content (AvgIpc) is 2.05. The number of rotatable bonds is 0. The predicted octanol–water partition coefficient (Wildman–Crippen LogP) is -0.277. The van der Waals surface area contributed by atoms with Crippen LogP contribution in [-0.2, 0) is 0 Å². The van der Waals surface area contributed by atoms with Gasteiger partial charge in [0, 0.05) is 24.8 Å². The first-order chi connectivity index (χ1) is 6.46. The summed E-state index contributed by atoms with van der Waals surface area (Å²) in [5.74, 6) is 0. The van der Waals surface area contributed by atoms with E-state index in [0.29, 0.717) is 0 Å². The van der Waals surface area contributed by atoms with Crippen LogP contribution in [0.2, 0.25) is 0 Å². The van der Waals surface area contributed by atoms with Gasteiger partial charge in [0.2, 0.25) is 0 Å². The predicted molar refractivity (Wildman–Crippen MR) is 46.5 cm³/mol. The van der Waals surface area contributed by atoms with Crippen LogP contribution in [-0.4, -0.2) is 32.4 Å². The third-order valence-corrected chi connectivity index (χ3v) is 0.478. The molecular formula is C6H10N4O4. The molecule has 78 valence electrons. The van der Waals surface area contributed by atoms with Crippen LogP contribution in [0, 0.1) is 0 Å². The Balaban J connectivity index is 0. The molecule has 0 bridgehead atoms. The van der Waals surface area contributed by atoms with Gasteiger partial charge in [0.05, 0.1) is 0 Å². The molecule has 0 fully saturated rings. The van der Waals surface area contributed by atoms with Gasteiger partial charge in [0.25, 0.3) is 0 Å². The lowest BCUT2D eigenvalue weighted by Gasteiger charge is -1.70. The van der Waals surface area contributed by atoms with Crippen molar-refractivity contribution in [1.29, 1.82) is 0 Å². The van der Waals surface area contributed by atoms with E-state index in [1.165, 1.54) is 0 Å². The number of nitrogens with two attached hydrogens (primary N) is 2. The SMILES string of the molecule is NC(=O)O.NC(=O)O.c1cnccn1. The zero-order valence-corrected chi connectivity index (χ0v) is 7.07. The number of carbonyl (C=O) groups is 2. The lowest BCUT2D eigenvalue weighted by molar-refractivity contribution is 0.204. The van der Waals surface area contributed by atoms with Crippen LogP contribution in [0.15, 0.2) is 24.8 Å². The van der Waals surface area contributed by atoms with Crippen LogP contribution in [0.4, 0.5) is 9.59 Å². The number of hydrogen-bond acceptors (Lipinski definition) is 4. The Bertz CT molecular complexity index is 207. The molecule has 0 radical (unpaired) electrons.